The van der Waals surface area contributed by atoms with Crippen LogP contribution in [0.5, 0.6) is 0 Å². The number of aromatic nitrogens is 1. The van der Waals surface area contributed by atoms with Crippen LogP contribution >= 0.6 is 0 Å². The van der Waals surface area contributed by atoms with Crippen molar-refractivity contribution in [3.8, 4) is 0 Å². The maximum atomic E-state index is 12.3. The van der Waals surface area contributed by atoms with Crippen LogP contribution in [0.25, 0.3) is 10.9 Å². The molecule has 1 aromatic carbocycles. The molecule has 5 nitrogen and oxygen atoms in total. The zero-order chi connectivity index (χ0) is 13.4. The minimum Gasteiger partial charge on any atom is -0.481 e. The molecule has 0 aliphatic carbocycles. The van der Waals surface area contributed by atoms with Crippen LogP contribution in [0.15, 0.2) is 30.5 Å². The molecule has 0 saturated carbocycles. The number of benzene rings is 1. The Hall–Kier alpha value is -2.30. The van der Waals surface area contributed by atoms with Gasteiger partial charge in [-0.05, 0) is 30.7 Å². The average molecular weight is 258 g/mol. The zero-order valence-corrected chi connectivity index (χ0v) is 10.3. The van der Waals surface area contributed by atoms with Gasteiger partial charge in [0.1, 0.15) is 0 Å². The molecule has 3 rings (SSSR count). The van der Waals surface area contributed by atoms with Gasteiger partial charge in [0.15, 0.2) is 0 Å². The summed E-state index contributed by atoms with van der Waals surface area (Å²) in [5, 5.41) is 9.94. The average Bonchev–Trinajstić information content (AvgIpc) is 3.06. The van der Waals surface area contributed by atoms with E-state index in [2.05, 4.69) is 4.98 Å². The predicted octanol–water partition coefficient (Wildman–Crippen LogP) is 1.71. The monoisotopic (exact) mass is 258 g/mol. The molecule has 2 heterocycles. The number of H-pyrrole nitrogens is 1. The molecule has 19 heavy (non-hydrogen) atoms. The first-order chi connectivity index (χ1) is 9.15. The van der Waals surface area contributed by atoms with E-state index in [4.69, 9.17) is 5.11 Å². The molecule has 0 spiro atoms. The third kappa shape index (κ3) is 2.07. The number of aromatic amines is 1. The lowest BCUT2D eigenvalue weighted by Gasteiger charge is -2.15. The second-order valence-electron chi connectivity index (χ2n) is 4.85. The van der Waals surface area contributed by atoms with E-state index in [0.29, 0.717) is 25.1 Å². The second kappa shape index (κ2) is 4.42. The van der Waals surface area contributed by atoms with Crippen molar-refractivity contribution in [1.82, 2.24) is 9.88 Å². The summed E-state index contributed by atoms with van der Waals surface area (Å²) in [5.41, 5.74) is 1.60. The Balaban J connectivity index is 1.82. The lowest BCUT2D eigenvalue weighted by Crippen LogP contribution is -2.29. The summed E-state index contributed by atoms with van der Waals surface area (Å²) in [4.78, 5) is 27.9. The van der Waals surface area contributed by atoms with Gasteiger partial charge in [-0.15, -0.1) is 0 Å². The second-order valence-corrected chi connectivity index (χ2v) is 4.85. The maximum Gasteiger partial charge on any atom is 0.308 e. The first kappa shape index (κ1) is 11.8. The van der Waals surface area contributed by atoms with E-state index in [9.17, 15) is 9.59 Å². The first-order valence-corrected chi connectivity index (χ1v) is 6.24. The number of fused-ring (bicyclic) bond motifs is 1. The standard InChI is InChI=1S/C14H14N2O3/c17-13(16-6-4-11(8-16)14(18)19)10-1-2-12-9(7-10)3-5-15-12/h1-3,5,7,11,15H,4,6,8H2,(H,18,19). The van der Waals surface area contributed by atoms with Crippen LogP contribution in [0.4, 0.5) is 0 Å². The van der Waals surface area contributed by atoms with Crippen LogP contribution in [0, 0.1) is 5.92 Å². The van der Waals surface area contributed by atoms with Gasteiger partial charge in [-0.2, -0.15) is 0 Å². The Kier molecular flexibility index (Phi) is 2.74. The van der Waals surface area contributed by atoms with Crippen LogP contribution < -0.4 is 0 Å². The van der Waals surface area contributed by atoms with E-state index in [1.807, 2.05) is 24.4 Å². The van der Waals surface area contributed by atoms with Crippen LogP contribution in [0.3, 0.4) is 0 Å². The molecule has 1 fully saturated rings. The Morgan fingerprint density at radius 2 is 2.16 bits per heavy atom. The number of carboxylic acids is 1. The van der Waals surface area contributed by atoms with Crippen molar-refractivity contribution in [2.24, 2.45) is 5.92 Å². The van der Waals surface area contributed by atoms with E-state index >= 15 is 0 Å². The lowest BCUT2D eigenvalue weighted by molar-refractivity contribution is -0.141. The summed E-state index contributed by atoms with van der Waals surface area (Å²) in [7, 11) is 0. The highest BCUT2D eigenvalue weighted by Gasteiger charge is 2.31. The summed E-state index contributed by atoms with van der Waals surface area (Å²) in [5.74, 6) is -1.34. The van der Waals surface area contributed by atoms with Crippen molar-refractivity contribution in [2.45, 2.75) is 6.42 Å². The molecular formula is C14H14N2O3. The van der Waals surface area contributed by atoms with Crippen LogP contribution in [0.1, 0.15) is 16.8 Å². The minimum absolute atomic E-state index is 0.0909. The fraction of sp³-hybridized carbons (Fsp3) is 0.286. The molecule has 1 aromatic heterocycles. The number of carbonyl (C=O) groups excluding carboxylic acids is 1. The molecule has 1 amide bonds. The van der Waals surface area contributed by atoms with E-state index in [0.717, 1.165) is 10.9 Å². The molecule has 1 saturated heterocycles. The molecule has 1 aliphatic heterocycles. The number of hydrogen-bond acceptors (Lipinski definition) is 2. The van der Waals surface area contributed by atoms with Crippen molar-refractivity contribution in [3.63, 3.8) is 0 Å². The summed E-state index contributed by atoms with van der Waals surface area (Å²) in [6.07, 6.45) is 2.36. The Morgan fingerprint density at radius 3 is 2.89 bits per heavy atom. The molecule has 2 aromatic rings. The van der Waals surface area contributed by atoms with E-state index in [1.165, 1.54) is 0 Å². The molecule has 1 unspecified atom stereocenters. The Morgan fingerprint density at radius 1 is 1.32 bits per heavy atom. The van der Waals surface area contributed by atoms with E-state index in [1.54, 1.807) is 11.0 Å². The van der Waals surface area contributed by atoms with Crippen molar-refractivity contribution in [2.75, 3.05) is 13.1 Å². The highest BCUT2D eigenvalue weighted by molar-refractivity contribution is 5.98. The first-order valence-electron chi connectivity index (χ1n) is 6.24. The highest BCUT2D eigenvalue weighted by atomic mass is 16.4. The molecule has 0 radical (unpaired) electrons. The summed E-state index contributed by atoms with van der Waals surface area (Å²) >= 11 is 0. The van der Waals surface area contributed by atoms with Crippen molar-refractivity contribution in [1.29, 1.82) is 0 Å². The smallest absolute Gasteiger partial charge is 0.308 e. The highest BCUT2D eigenvalue weighted by Crippen LogP contribution is 2.21. The molecular weight excluding hydrogens is 244 g/mol. The largest absolute Gasteiger partial charge is 0.481 e. The number of likely N-dealkylation sites (tertiary alicyclic amines) is 1. The van der Waals surface area contributed by atoms with E-state index in [-0.39, 0.29) is 5.91 Å². The molecule has 1 aliphatic rings. The van der Waals surface area contributed by atoms with Gasteiger partial charge in [0.25, 0.3) is 5.91 Å². The number of carboxylic acid groups (broad SMARTS) is 1. The molecule has 98 valence electrons. The SMILES string of the molecule is O=C(O)C1CCN(C(=O)c2ccc3[nH]ccc3c2)C1. The summed E-state index contributed by atoms with van der Waals surface area (Å²) in [6.45, 7) is 0.820. The number of carbonyl (C=O) groups is 2. The van der Waals surface area contributed by atoms with Crippen LogP contribution in [-0.2, 0) is 4.79 Å². The maximum absolute atomic E-state index is 12.3. The quantitative estimate of drug-likeness (QED) is 0.861. The molecule has 5 heteroatoms. The van der Waals surface area contributed by atoms with E-state index < -0.39 is 11.9 Å². The van der Waals surface area contributed by atoms with Gasteiger partial charge >= 0.3 is 5.97 Å². The Bertz CT molecular complexity index is 647. The zero-order valence-electron chi connectivity index (χ0n) is 10.3. The lowest BCUT2D eigenvalue weighted by atomic mass is 10.1. The van der Waals surface area contributed by atoms with Gasteiger partial charge in [0.05, 0.1) is 5.92 Å². The van der Waals surface area contributed by atoms with Crippen LogP contribution in [-0.4, -0.2) is 40.0 Å². The fourth-order valence-corrected chi connectivity index (χ4v) is 2.52. The number of rotatable bonds is 2. The van der Waals surface area contributed by atoms with Gasteiger partial charge in [-0.1, -0.05) is 0 Å². The predicted molar refractivity (Wildman–Crippen MR) is 69.9 cm³/mol. The van der Waals surface area contributed by atoms with Crippen molar-refractivity contribution in [3.05, 3.63) is 36.0 Å². The minimum atomic E-state index is -0.823. The number of nitrogens with one attached hydrogen (secondary N) is 1. The topological polar surface area (TPSA) is 73.4 Å². The number of hydrogen-bond donors (Lipinski definition) is 2. The van der Waals surface area contributed by atoms with Crippen molar-refractivity contribution >= 4 is 22.8 Å². The van der Waals surface area contributed by atoms with Gasteiger partial charge in [-0.25, -0.2) is 0 Å². The molecule has 1 atom stereocenters. The number of nitrogens with zero attached hydrogens (tertiary/aromatic N) is 1. The van der Waals surface area contributed by atoms with Crippen molar-refractivity contribution < 1.29 is 14.7 Å². The Labute approximate surface area is 109 Å². The summed E-state index contributed by atoms with van der Waals surface area (Å²) in [6, 6.07) is 7.39. The normalized spacial score (nSPS) is 18.9. The third-order valence-corrected chi connectivity index (χ3v) is 3.62. The molecule has 0 bridgehead atoms. The van der Waals surface area contributed by atoms with Gasteiger partial charge in [0, 0.05) is 35.8 Å². The van der Waals surface area contributed by atoms with Gasteiger partial charge in [-0.3, -0.25) is 9.59 Å². The van der Waals surface area contributed by atoms with Crippen LogP contribution in [0.2, 0.25) is 0 Å². The van der Waals surface area contributed by atoms with Gasteiger partial charge in [0.2, 0.25) is 0 Å². The fourth-order valence-electron chi connectivity index (χ4n) is 2.52. The number of amides is 1. The molecule has 2 N–H and O–H groups in total. The third-order valence-electron chi connectivity index (χ3n) is 3.62. The summed E-state index contributed by atoms with van der Waals surface area (Å²) < 4.78 is 0. The van der Waals surface area contributed by atoms with Gasteiger partial charge < -0.3 is 15.0 Å². The number of aliphatic carboxylic acids is 1.